The fourth-order valence-electron chi connectivity index (χ4n) is 3.67. The molecular formula is C20H33N5O5. The molecule has 10 heteroatoms. The summed E-state index contributed by atoms with van der Waals surface area (Å²) in [5.41, 5.74) is 7.31. The van der Waals surface area contributed by atoms with E-state index in [4.69, 9.17) is 34.4 Å². The van der Waals surface area contributed by atoms with Crippen molar-refractivity contribution in [2.45, 2.75) is 51.0 Å². The lowest BCUT2D eigenvalue weighted by Crippen LogP contribution is -2.27. The molecule has 0 spiro atoms. The molecular weight excluding hydrogens is 390 g/mol. The molecule has 3 unspecified atom stereocenters. The Balaban J connectivity index is 1.69. The van der Waals surface area contributed by atoms with Gasteiger partial charge >= 0.3 is 0 Å². The van der Waals surface area contributed by atoms with Gasteiger partial charge in [0.1, 0.15) is 24.5 Å². The van der Waals surface area contributed by atoms with Crippen LogP contribution in [0.15, 0.2) is 6.33 Å². The Morgan fingerprint density at radius 2 is 1.97 bits per heavy atom. The van der Waals surface area contributed by atoms with E-state index < -0.39 is 0 Å². The van der Waals surface area contributed by atoms with Crippen molar-refractivity contribution in [1.82, 2.24) is 19.5 Å². The zero-order chi connectivity index (χ0) is 21.3. The number of rotatable bonds is 13. The predicted molar refractivity (Wildman–Crippen MR) is 111 cm³/mol. The summed E-state index contributed by atoms with van der Waals surface area (Å²) >= 11 is 0. The summed E-state index contributed by atoms with van der Waals surface area (Å²) in [5.74, 6) is 1.21. The molecule has 168 valence electrons. The summed E-state index contributed by atoms with van der Waals surface area (Å²) in [7, 11) is 3.34. The lowest BCUT2D eigenvalue weighted by molar-refractivity contribution is -0.0604. The lowest BCUT2D eigenvalue weighted by Gasteiger charge is -2.17. The number of hydrogen-bond donors (Lipinski definition) is 1. The maximum Gasteiger partial charge on any atom is 0.167 e. The van der Waals surface area contributed by atoms with Crippen molar-refractivity contribution in [2.24, 2.45) is 0 Å². The number of anilines is 1. The topological polar surface area (TPSA) is 116 Å². The van der Waals surface area contributed by atoms with Gasteiger partial charge in [0.15, 0.2) is 17.0 Å². The van der Waals surface area contributed by atoms with Crippen LogP contribution in [0.2, 0.25) is 0 Å². The van der Waals surface area contributed by atoms with Crippen LogP contribution >= 0.6 is 0 Å². The molecule has 1 saturated heterocycles. The smallest absolute Gasteiger partial charge is 0.167 e. The van der Waals surface area contributed by atoms with E-state index in [1.807, 2.05) is 4.57 Å². The molecule has 1 fully saturated rings. The Morgan fingerprint density at radius 1 is 1.17 bits per heavy atom. The van der Waals surface area contributed by atoms with E-state index in [0.717, 1.165) is 25.3 Å². The van der Waals surface area contributed by atoms with E-state index in [9.17, 15) is 0 Å². The molecule has 0 bridgehead atoms. The molecule has 0 saturated carbocycles. The van der Waals surface area contributed by atoms with Crippen LogP contribution in [-0.2, 0) is 30.1 Å². The average Bonchev–Trinajstić information content (AvgIpc) is 3.31. The summed E-state index contributed by atoms with van der Waals surface area (Å²) < 4.78 is 30.2. The number of aromatic nitrogens is 4. The highest BCUT2D eigenvalue weighted by molar-refractivity contribution is 5.81. The Hall–Kier alpha value is -1.85. The second-order valence-electron chi connectivity index (χ2n) is 7.25. The quantitative estimate of drug-likeness (QED) is 0.481. The molecule has 1 aliphatic rings. The molecule has 3 atom stereocenters. The minimum absolute atomic E-state index is 0.0640. The number of nitrogen functional groups attached to an aromatic ring is 1. The first-order chi connectivity index (χ1) is 14.7. The molecule has 3 heterocycles. The number of fused-ring (bicyclic) bond motifs is 1. The van der Waals surface area contributed by atoms with Crippen molar-refractivity contribution in [2.75, 3.05) is 53.0 Å². The SMILES string of the molecule is CCCOCCOCCCc1nc2c(N)ncnc2n1C1CC(OC)C(COC)O1. The van der Waals surface area contributed by atoms with Gasteiger partial charge in [-0.2, -0.15) is 0 Å². The Labute approximate surface area is 177 Å². The zero-order valence-electron chi connectivity index (χ0n) is 18.1. The van der Waals surface area contributed by atoms with Crippen molar-refractivity contribution >= 4 is 17.0 Å². The number of nitrogens with zero attached hydrogens (tertiary/aromatic N) is 4. The number of methoxy groups -OCH3 is 2. The predicted octanol–water partition coefficient (Wildman–Crippen LogP) is 1.73. The highest BCUT2D eigenvalue weighted by Crippen LogP contribution is 2.34. The second kappa shape index (κ2) is 11.5. The maximum absolute atomic E-state index is 6.24. The highest BCUT2D eigenvalue weighted by atomic mass is 16.6. The van der Waals surface area contributed by atoms with Crippen molar-refractivity contribution in [3.63, 3.8) is 0 Å². The zero-order valence-corrected chi connectivity index (χ0v) is 18.1. The van der Waals surface area contributed by atoms with Crippen LogP contribution in [0.3, 0.4) is 0 Å². The molecule has 2 N–H and O–H groups in total. The minimum atomic E-state index is -0.257. The number of ether oxygens (including phenoxy) is 5. The third-order valence-corrected chi connectivity index (χ3v) is 5.09. The van der Waals surface area contributed by atoms with Gasteiger partial charge < -0.3 is 29.4 Å². The molecule has 30 heavy (non-hydrogen) atoms. The molecule has 0 aliphatic carbocycles. The van der Waals surface area contributed by atoms with E-state index in [1.54, 1.807) is 14.2 Å². The van der Waals surface area contributed by atoms with Crippen molar-refractivity contribution in [3.05, 3.63) is 12.2 Å². The van der Waals surface area contributed by atoms with Gasteiger partial charge in [-0.05, 0) is 12.8 Å². The molecule has 10 nitrogen and oxygen atoms in total. The summed E-state index contributed by atoms with van der Waals surface area (Å²) in [6.07, 6.45) is 4.19. The van der Waals surface area contributed by atoms with Crippen molar-refractivity contribution in [1.29, 1.82) is 0 Å². The summed E-state index contributed by atoms with van der Waals surface area (Å²) in [4.78, 5) is 13.2. The first-order valence-corrected chi connectivity index (χ1v) is 10.5. The number of nitrogens with two attached hydrogens (primary N) is 1. The molecule has 0 amide bonds. The van der Waals surface area contributed by atoms with E-state index in [1.165, 1.54) is 6.33 Å². The van der Waals surface area contributed by atoms with Gasteiger partial charge in [0, 0.05) is 40.3 Å². The monoisotopic (exact) mass is 423 g/mol. The summed E-state index contributed by atoms with van der Waals surface area (Å²) in [6, 6.07) is 0. The minimum Gasteiger partial charge on any atom is -0.382 e. The molecule has 2 aromatic rings. The molecule has 3 rings (SSSR count). The summed E-state index contributed by atoms with van der Waals surface area (Å²) in [6.45, 7) is 5.15. The van der Waals surface area contributed by atoms with Gasteiger partial charge in [0.25, 0.3) is 0 Å². The normalized spacial score (nSPS) is 21.6. The van der Waals surface area contributed by atoms with Crippen LogP contribution in [-0.4, -0.2) is 79.0 Å². The number of hydrogen-bond acceptors (Lipinski definition) is 9. The van der Waals surface area contributed by atoms with Crippen LogP contribution in [0.1, 0.15) is 38.2 Å². The molecule has 0 aromatic carbocycles. The van der Waals surface area contributed by atoms with E-state index >= 15 is 0 Å². The van der Waals surface area contributed by atoms with Gasteiger partial charge in [-0.1, -0.05) is 6.92 Å². The van der Waals surface area contributed by atoms with Gasteiger partial charge in [0.2, 0.25) is 0 Å². The third-order valence-electron chi connectivity index (χ3n) is 5.09. The maximum atomic E-state index is 6.24. The fraction of sp³-hybridized carbons (Fsp3) is 0.750. The van der Waals surface area contributed by atoms with Gasteiger partial charge in [0.05, 0.1) is 25.9 Å². The van der Waals surface area contributed by atoms with E-state index in [2.05, 4.69) is 16.9 Å². The first-order valence-electron chi connectivity index (χ1n) is 10.5. The van der Waals surface area contributed by atoms with Crippen LogP contribution in [0, 0.1) is 0 Å². The first kappa shape index (κ1) is 22.8. The number of aryl methyl sites for hydroxylation is 1. The fourth-order valence-corrected chi connectivity index (χ4v) is 3.67. The summed E-state index contributed by atoms with van der Waals surface area (Å²) in [5, 5.41) is 0. The van der Waals surface area contributed by atoms with Gasteiger partial charge in [-0.3, -0.25) is 4.57 Å². The number of imidazole rings is 1. The molecule has 1 aliphatic heterocycles. The van der Waals surface area contributed by atoms with Crippen LogP contribution in [0.5, 0.6) is 0 Å². The van der Waals surface area contributed by atoms with Crippen molar-refractivity contribution < 1.29 is 23.7 Å². The molecule has 2 aromatic heterocycles. The van der Waals surface area contributed by atoms with E-state index in [0.29, 0.717) is 56.3 Å². The molecule has 0 radical (unpaired) electrons. The van der Waals surface area contributed by atoms with Crippen LogP contribution in [0.4, 0.5) is 5.82 Å². The largest absolute Gasteiger partial charge is 0.382 e. The van der Waals surface area contributed by atoms with Crippen LogP contribution < -0.4 is 5.73 Å². The van der Waals surface area contributed by atoms with Crippen LogP contribution in [0.25, 0.3) is 11.2 Å². The highest BCUT2D eigenvalue weighted by Gasteiger charge is 2.38. The van der Waals surface area contributed by atoms with Crippen molar-refractivity contribution in [3.8, 4) is 0 Å². The van der Waals surface area contributed by atoms with Gasteiger partial charge in [-0.15, -0.1) is 0 Å². The second-order valence-corrected chi connectivity index (χ2v) is 7.25. The lowest BCUT2D eigenvalue weighted by atomic mass is 10.2. The Morgan fingerprint density at radius 3 is 2.70 bits per heavy atom. The average molecular weight is 424 g/mol. The standard InChI is InChI=1S/C20H33N5O5/c1-4-7-28-9-10-29-8-5-6-16-24-18-19(21)22-13-23-20(18)25(16)17-11-14(27-3)15(30-17)12-26-2/h13-15,17H,4-12H2,1-3H3,(H2,21,22,23). The van der Waals surface area contributed by atoms with E-state index in [-0.39, 0.29) is 18.4 Å². The Bertz CT molecular complexity index is 786. The Kier molecular flexibility index (Phi) is 8.76. The third kappa shape index (κ3) is 5.44. The van der Waals surface area contributed by atoms with Gasteiger partial charge in [-0.25, -0.2) is 15.0 Å².